The Kier molecular flexibility index (Phi) is 4.84. The molecule has 1 aromatic carbocycles. The van der Waals surface area contributed by atoms with Crippen molar-refractivity contribution >= 4 is 35.2 Å². The Labute approximate surface area is 179 Å². The summed E-state index contributed by atoms with van der Waals surface area (Å²) in [6, 6.07) is 9.92. The van der Waals surface area contributed by atoms with E-state index in [1.165, 1.54) is 0 Å². The number of nitrogens with zero attached hydrogens (tertiary/aromatic N) is 4. The number of benzene rings is 1. The Morgan fingerprint density at radius 2 is 2.07 bits per heavy atom. The second-order valence-corrected chi connectivity index (χ2v) is 8.80. The molecule has 0 unspecified atom stereocenters. The highest BCUT2D eigenvalue weighted by atomic mass is 32.2. The Morgan fingerprint density at radius 3 is 2.77 bits per heavy atom. The number of rotatable bonds is 6. The fraction of sp³-hybridized carbons (Fsp3) is 0.286. The van der Waals surface area contributed by atoms with Crippen molar-refractivity contribution in [1.29, 1.82) is 0 Å². The number of allylic oxidation sites excluding steroid dienone is 1. The van der Waals surface area contributed by atoms with E-state index in [1.807, 2.05) is 50.4 Å². The van der Waals surface area contributed by atoms with Crippen molar-refractivity contribution in [3.8, 4) is 0 Å². The maximum atomic E-state index is 11.9. The molecule has 0 bridgehead atoms. The molecule has 1 fully saturated rings. The van der Waals surface area contributed by atoms with Crippen LogP contribution in [0.1, 0.15) is 25.5 Å². The number of amidine groups is 1. The minimum Gasteiger partial charge on any atom is -0.326 e. The molecule has 3 heterocycles. The van der Waals surface area contributed by atoms with Crippen LogP contribution in [0.5, 0.6) is 0 Å². The van der Waals surface area contributed by atoms with E-state index in [4.69, 9.17) is 0 Å². The predicted octanol–water partition coefficient (Wildman–Crippen LogP) is 3.71. The van der Waals surface area contributed by atoms with E-state index in [0.29, 0.717) is 6.54 Å². The van der Waals surface area contributed by atoms with Crippen LogP contribution in [-0.4, -0.2) is 32.8 Å². The van der Waals surface area contributed by atoms with Crippen molar-refractivity contribution in [3.05, 3.63) is 59.9 Å². The highest BCUT2D eigenvalue weighted by Crippen LogP contribution is 2.32. The number of hydrogen-bond donors (Lipinski definition) is 3. The molecule has 1 aliphatic carbocycles. The maximum absolute atomic E-state index is 11.9. The molecule has 9 heteroatoms. The monoisotopic (exact) mass is 421 g/mol. The smallest absolute Gasteiger partial charge is 0.285 e. The number of aryl methyl sites for hydroxylation is 1. The Balaban J connectivity index is 1.31. The van der Waals surface area contributed by atoms with E-state index in [1.54, 1.807) is 11.9 Å². The van der Waals surface area contributed by atoms with Crippen LogP contribution in [0.3, 0.4) is 0 Å². The van der Waals surface area contributed by atoms with Crippen molar-refractivity contribution in [2.75, 3.05) is 17.2 Å². The van der Waals surface area contributed by atoms with Gasteiger partial charge in [-0.25, -0.2) is 0 Å². The summed E-state index contributed by atoms with van der Waals surface area (Å²) in [5, 5.41) is 13.6. The molecule has 0 saturated heterocycles. The summed E-state index contributed by atoms with van der Waals surface area (Å²) in [5.41, 5.74) is 2.90. The van der Waals surface area contributed by atoms with Gasteiger partial charge < -0.3 is 5.32 Å². The average Bonchev–Trinajstić information content (AvgIpc) is 3.41. The van der Waals surface area contributed by atoms with E-state index in [9.17, 15) is 4.79 Å². The minimum atomic E-state index is 0.126. The lowest BCUT2D eigenvalue weighted by molar-refractivity contribution is -0.117. The predicted molar refractivity (Wildman–Crippen MR) is 119 cm³/mol. The van der Waals surface area contributed by atoms with Crippen LogP contribution in [0.4, 0.5) is 11.5 Å². The zero-order valence-electron chi connectivity index (χ0n) is 16.8. The van der Waals surface area contributed by atoms with Gasteiger partial charge in [-0.05, 0) is 60.9 Å². The fourth-order valence-corrected chi connectivity index (χ4v) is 4.25. The number of H-pyrrole nitrogens is 1. The van der Waals surface area contributed by atoms with Crippen LogP contribution in [0.2, 0.25) is 0 Å². The van der Waals surface area contributed by atoms with Gasteiger partial charge >= 0.3 is 0 Å². The van der Waals surface area contributed by atoms with Crippen molar-refractivity contribution in [3.63, 3.8) is 0 Å². The topological polar surface area (TPSA) is 91.3 Å². The molecule has 153 valence electrons. The number of aliphatic imine (C=N–C) groups is 1. The second kappa shape index (κ2) is 7.66. The van der Waals surface area contributed by atoms with Gasteiger partial charge in [0.15, 0.2) is 11.5 Å². The number of aromatic amines is 1. The first-order valence-corrected chi connectivity index (χ1v) is 10.7. The largest absolute Gasteiger partial charge is 0.326 e. The van der Waals surface area contributed by atoms with Gasteiger partial charge in [0.05, 0.1) is 12.4 Å². The van der Waals surface area contributed by atoms with Gasteiger partial charge in [0.2, 0.25) is 5.91 Å². The van der Waals surface area contributed by atoms with Gasteiger partial charge in [-0.3, -0.25) is 19.5 Å². The van der Waals surface area contributed by atoms with Crippen LogP contribution in [0.15, 0.2) is 64.1 Å². The first kappa shape index (κ1) is 19.0. The zero-order valence-corrected chi connectivity index (χ0v) is 17.7. The maximum Gasteiger partial charge on any atom is 0.285 e. The van der Waals surface area contributed by atoms with Crippen molar-refractivity contribution in [2.24, 2.45) is 10.9 Å². The summed E-state index contributed by atoms with van der Waals surface area (Å²) in [4.78, 5) is 19.7. The molecule has 3 aliphatic rings. The number of anilines is 2. The molecule has 3 N–H and O–H groups in total. The molecular weight excluding hydrogens is 398 g/mol. The number of fused-ring (bicyclic) bond motifs is 1. The molecule has 1 amide bonds. The lowest BCUT2D eigenvalue weighted by atomic mass is 10.3. The minimum absolute atomic E-state index is 0.126. The van der Waals surface area contributed by atoms with Crippen molar-refractivity contribution in [2.45, 2.75) is 31.6 Å². The third-order valence-electron chi connectivity index (χ3n) is 5.07. The molecule has 1 radical (unpaired) electrons. The number of hydrogen-bond acceptors (Lipinski definition) is 7. The highest BCUT2D eigenvalue weighted by molar-refractivity contribution is 7.97. The van der Waals surface area contributed by atoms with E-state index in [2.05, 4.69) is 41.2 Å². The number of carbonyl (C=O) groups excluding carboxylic acids is 1. The number of nitrogens with one attached hydrogen (secondary N) is 3. The molecule has 2 aromatic rings. The van der Waals surface area contributed by atoms with Crippen LogP contribution in [-0.2, 0) is 4.79 Å². The fourth-order valence-electron chi connectivity index (χ4n) is 3.39. The summed E-state index contributed by atoms with van der Waals surface area (Å²) >= 11 is 1.63. The third kappa shape index (κ3) is 3.99. The zero-order chi connectivity index (χ0) is 20.7. The molecule has 0 atom stereocenters. The normalized spacial score (nSPS) is 18.5. The van der Waals surface area contributed by atoms with Crippen LogP contribution in [0.25, 0.3) is 0 Å². The lowest BCUT2D eigenvalue weighted by Gasteiger charge is -2.25. The van der Waals surface area contributed by atoms with Gasteiger partial charge in [0.1, 0.15) is 6.54 Å². The number of amides is 1. The number of carbonyl (C=O) groups is 1. The SMILES string of the molecule is CC1=CN=C2CN(Sc3ccc(NC(=O)C4CC4)cc3)C=C(Nc3cc(C)[nH]n3)[N+]12. The van der Waals surface area contributed by atoms with E-state index in [-0.39, 0.29) is 11.8 Å². The van der Waals surface area contributed by atoms with Gasteiger partial charge in [0, 0.05) is 35.2 Å². The van der Waals surface area contributed by atoms with E-state index in [0.717, 1.165) is 52.3 Å². The molecule has 1 aromatic heterocycles. The third-order valence-corrected chi connectivity index (χ3v) is 6.02. The van der Waals surface area contributed by atoms with E-state index >= 15 is 0 Å². The van der Waals surface area contributed by atoms with Crippen LogP contribution < -0.4 is 15.5 Å². The highest BCUT2D eigenvalue weighted by Gasteiger charge is 2.41. The molecule has 0 spiro atoms. The summed E-state index contributed by atoms with van der Waals surface area (Å²) in [6.07, 6.45) is 5.96. The first-order valence-electron chi connectivity index (χ1n) is 9.95. The lowest BCUT2D eigenvalue weighted by Crippen LogP contribution is -2.44. The Morgan fingerprint density at radius 1 is 1.27 bits per heavy atom. The van der Waals surface area contributed by atoms with E-state index < -0.39 is 0 Å². The van der Waals surface area contributed by atoms with Gasteiger partial charge in [-0.15, -0.1) is 0 Å². The summed E-state index contributed by atoms with van der Waals surface area (Å²) in [7, 11) is 0. The van der Waals surface area contributed by atoms with Crippen molar-refractivity contribution in [1.82, 2.24) is 19.4 Å². The van der Waals surface area contributed by atoms with Gasteiger partial charge in [-0.2, -0.15) is 10.1 Å². The average molecular weight is 422 g/mol. The van der Waals surface area contributed by atoms with Gasteiger partial charge in [0.25, 0.3) is 11.7 Å². The molecule has 1 saturated carbocycles. The Hall–Kier alpha value is -3.04. The quantitative estimate of drug-likeness (QED) is 0.489. The van der Waals surface area contributed by atoms with Crippen molar-refractivity contribution < 1.29 is 4.79 Å². The molecule has 5 rings (SSSR count). The van der Waals surface area contributed by atoms with Crippen LogP contribution in [0, 0.1) is 12.8 Å². The summed E-state index contributed by atoms with van der Waals surface area (Å²) in [5.74, 6) is 2.96. The standard InChI is InChI=1S/C21H23N7OS/c1-13-9-18(26-25-13)24-20-12-27(11-19-22-10-14(2)28(19)20)30-17-7-5-16(6-8-17)23-21(29)15-3-4-15/h5-10,12,15H,3-4,11H2,1-2H3,(H,23,29)(H2,24,25,26)/q+1. The first-order chi connectivity index (χ1) is 14.5. The molecule has 30 heavy (non-hydrogen) atoms. The van der Waals surface area contributed by atoms with Crippen LogP contribution >= 0.6 is 11.9 Å². The summed E-state index contributed by atoms with van der Waals surface area (Å²) < 4.78 is 2.14. The molecule has 2 aliphatic heterocycles. The van der Waals surface area contributed by atoms with Gasteiger partial charge in [-0.1, -0.05) is 0 Å². The number of aromatic nitrogens is 2. The summed E-state index contributed by atoms with van der Waals surface area (Å²) in [6.45, 7) is 4.70. The second-order valence-electron chi connectivity index (χ2n) is 7.68. The molecule has 8 nitrogen and oxygen atoms in total. The molecular formula is C21H23N7OS+. The Bertz CT molecular complexity index is 1070.